The molecule has 6 heteroatoms. The van der Waals surface area contributed by atoms with Gasteiger partial charge in [0.1, 0.15) is 5.75 Å². The van der Waals surface area contributed by atoms with Gasteiger partial charge in [-0.15, -0.1) is 0 Å². The van der Waals surface area contributed by atoms with E-state index >= 15 is 0 Å². The molecule has 2 aromatic rings. The van der Waals surface area contributed by atoms with E-state index in [-0.39, 0.29) is 0 Å². The number of pyridine rings is 1. The summed E-state index contributed by atoms with van der Waals surface area (Å²) in [5, 5.41) is 3.38. The molecule has 0 amide bonds. The van der Waals surface area contributed by atoms with Crippen molar-refractivity contribution in [3.63, 3.8) is 0 Å². The van der Waals surface area contributed by atoms with Crippen LogP contribution in [0.25, 0.3) is 0 Å². The van der Waals surface area contributed by atoms with Gasteiger partial charge in [-0.3, -0.25) is 0 Å². The van der Waals surface area contributed by atoms with Gasteiger partial charge in [0, 0.05) is 35.4 Å². The lowest BCUT2D eigenvalue weighted by molar-refractivity contribution is 0.397. The summed E-state index contributed by atoms with van der Waals surface area (Å²) in [4.78, 5) is 4.18. The van der Waals surface area contributed by atoms with E-state index in [2.05, 4.69) is 42.2 Å². The zero-order valence-electron chi connectivity index (χ0n) is 11.8. The van der Waals surface area contributed by atoms with Gasteiger partial charge in [0.15, 0.2) is 0 Å². The average molecular weight is 416 g/mol. The van der Waals surface area contributed by atoms with Crippen molar-refractivity contribution >= 4 is 31.9 Å². The first-order valence-corrected chi connectivity index (χ1v) is 7.94. The number of halogens is 2. The summed E-state index contributed by atoms with van der Waals surface area (Å²) in [5.41, 5.74) is 2.18. The Morgan fingerprint density at radius 3 is 2.52 bits per heavy atom. The van der Waals surface area contributed by atoms with Crippen LogP contribution in [0.5, 0.6) is 11.6 Å². The molecular weight excluding hydrogens is 400 g/mol. The summed E-state index contributed by atoms with van der Waals surface area (Å²) >= 11 is 7.00. The van der Waals surface area contributed by atoms with Gasteiger partial charge in [0.25, 0.3) is 0 Å². The molecule has 0 radical (unpaired) electrons. The molecular formula is C15H16Br2N2O2. The van der Waals surface area contributed by atoms with Crippen LogP contribution in [0.15, 0.2) is 39.4 Å². The normalized spacial score (nSPS) is 10.5. The lowest BCUT2D eigenvalue weighted by Crippen LogP contribution is -2.13. The van der Waals surface area contributed by atoms with E-state index in [1.165, 1.54) is 0 Å². The minimum atomic E-state index is 0.622. The summed E-state index contributed by atoms with van der Waals surface area (Å²) < 4.78 is 12.4. The molecule has 0 aliphatic heterocycles. The SMILES string of the molecule is COc1ccc(CNCc2cc(Br)cc(Br)c2OC)cn1. The molecule has 2 rings (SSSR count). The number of aromatic nitrogens is 1. The molecule has 112 valence electrons. The van der Waals surface area contributed by atoms with Crippen LogP contribution in [0.3, 0.4) is 0 Å². The van der Waals surface area contributed by atoms with Crippen molar-refractivity contribution in [1.82, 2.24) is 10.3 Å². The first kappa shape index (κ1) is 16.3. The van der Waals surface area contributed by atoms with E-state index < -0.39 is 0 Å². The first-order chi connectivity index (χ1) is 10.1. The molecule has 0 aliphatic rings. The molecule has 1 heterocycles. The standard InChI is InChI=1S/C15H16Br2N2O2/c1-20-14-4-3-10(8-19-14)7-18-9-11-5-12(16)6-13(17)15(11)21-2/h3-6,8,18H,7,9H2,1-2H3. The highest BCUT2D eigenvalue weighted by Gasteiger charge is 2.09. The fraction of sp³-hybridized carbons (Fsp3) is 0.267. The maximum Gasteiger partial charge on any atom is 0.212 e. The number of ether oxygens (including phenoxy) is 2. The fourth-order valence-electron chi connectivity index (χ4n) is 1.95. The van der Waals surface area contributed by atoms with Crippen LogP contribution in [0.4, 0.5) is 0 Å². The summed E-state index contributed by atoms with van der Waals surface area (Å²) in [7, 11) is 3.28. The molecule has 4 nitrogen and oxygen atoms in total. The van der Waals surface area contributed by atoms with Gasteiger partial charge >= 0.3 is 0 Å². The second kappa shape index (κ2) is 7.77. The Labute approximate surface area is 141 Å². The minimum absolute atomic E-state index is 0.622. The number of nitrogens with zero attached hydrogens (tertiary/aromatic N) is 1. The molecule has 0 aliphatic carbocycles. The predicted molar refractivity (Wildman–Crippen MR) is 89.7 cm³/mol. The van der Waals surface area contributed by atoms with E-state index in [9.17, 15) is 0 Å². The van der Waals surface area contributed by atoms with Crippen molar-refractivity contribution in [2.75, 3.05) is 14.2 Å². The van der Waals surface area contributed by atoms with Crippen molar-refractivity contribution < 1.29 is 9.47 Å². The van der Waals surface area contributed by atoms with E-state index in [0.717, 1.165) is 32.4 Å². The van der Waals surface area contributed by atoms with Gasteiger partial charge in [0.2, 0.25) is 5.88 Å². The Bertz CT molecular complexity index is 603. The number of methoxy groups -OCH3 is 2. The summed E-state index contributed by atoms with van der Waals surface area (Å²) in [6.07, 6.45) is 1.81. The molecule has 0 atom stereocenters. The van der Waals surface area contributed by atoms with Crippen molar-refractivity contribution in [2.24, 2.45) is 0 Å². The molecule has 0 fully saturated rings. The summed E-state index contributed by atoms with van der Waals surface area (Å²) in [6.45, 7) is 1.43. The van der Waals surface area contributed by atoms with Crippen LogP contribution in [0, 0.1) is 0 Å². The van der Waals surface area contributed by atoms with E-state index in [1.54, 1.807) is 20.4 Å². The molecule has 1 aromatic carbocycles. The van der Waals surface area contributed by atoms with Gasteiger partial charge in [-0.1, -0.05) is 22.0 Å². The van der Waals surface area contributed by atoms with Crippen molar-refractivity contribution in [1.29, 1.82) is 0 Å². The maximum atomic E-state index is 5.43. The van der Waals surface area contributed by atoms with Gasteiger partial charge in [-0.25, -0.2) is 4.98 Å². The van der Waals surface area contributed by atoms with Crippen LogP contribution >= 0.6 is 31.9 Å². The third-order valence-corrected chi connectivity index (χ3v) is 3.99. The highest BCUT2D eigenvalue weighted by molar-refractivity contribution is 9.11. The monoisotopic (exact) mass is 414 g/mol. The van der Waals surface area contributed by atoms with Crippen LogP contribution in [0.1, 0.15) is 11.1 Å². The number of benzene rings is 1. The molecule has 0 bridgehead atoms. The average Bonchev–Trinajstić information content (AvgIpc) is 2.47. The highest BCUT2D eigenvalue weighted by Crippen LogP contribution is 2.32. The Balaban J connectivity index is 1.99. The second-order valence-corrected chi connectivity index (χ2v) is 6.16. The quantitative estimate of drug-likeness (QED) is 0.776. The van der Waals surface area contributed by atoms with Crippen molar-refractivity contribution in [3.8, 4) is 11.6 Å². The van der Waals surface area contributed by atoms with E-state index in [1.807, 2.05) is 24.3 Å². The smallest absolute Gasteiger partial charge is 0.212 e. The number of nitrogens with one attached hydrogen (secondary N) is 1. The lowest BCUT2D eigenvalue weighted by Gasteiger charge is -2.12. The Morgan fingerprint density at radius 2 is 1.90 bits per heavy atom. The largest absolute Gasteiger partial charge is 0.495 e. The van der Waals surface area contributed by atoms with Gasteiger partial charge in [-0.05, 0) is 33.6 Å². The van der Waals surface area contributed by atoms with Crippen molar-refractivity contribution in [2.45, 2.75) is 13.1 Å². The minimum Gasteiger partial charge on any atom is -0.495 e. The van der Waals surface area contributed by atoms with Gasteiger partial charge in [-0.2, -0.15) is 0 Å². The molecule has 0 unspecified atom stereocenters. The molecule has 0 spiro atoms. The lowest BCUT2D eigenvalue weighted by atomic mass is 10.2. The maximum absolute atomic E-state index is 5.43. The molecule has 1 aromatic heterocycles. The highest BCUT2D eigenvalue weighted by atomic mass is 79.9. The number of hydrogen-bond donors (Lipinski definition) is 1. The van der Waals surface area contributed by atoms with Gasteiger partial charge in [0.05, 0.1) is 18.7 Å². The second-order valence-electron chi connectivity index (χ2n) is 4.39. The summed E-state index contributed by atoms with van der Waals surface area (Å²) in [5.74, 6) is 1.47. The molecule has 1 N–H and O–H groups in total. The zero-order chi connectivity index (χ0) is 15.2. The fourth-order valence-corrected chi connectivity index (χ4v) is 3.43. The topological polar surface area (TPSA) is 43.4 Å². The number of rotatable bonds is 6. The van der Waals surface area contributed by atoms with Crippen LogP contribution in [-0.4, -0.2) is 19.2 Å². The Kier molecular flexibility index (Phi) is 6.02. The number of hydrogen-bond acceptors (Lipinski definition) is 4. The van der Waals surface area contributed by atoms with E-state index in [0.29, 0.717) is 12.4 Å². The van der Waals surface area contributed by atoms with Crippen LogP contribution in [0.2, 0.25) is 0 Å². The molecule has 0 saturated heterocycles. The van der Waals surface area contributed by atoms with Crippen LogP contribution in [-0.2, 0) is 13.1 Å². The van der Waals surface area contributed by atoms with E-state index in [4.69, 9.17) is 9.47 Å². The molecule has 0 saturated carbocycles. The Morgan fingerprint density at radius 1 is 1.10 bits per heavy atom. The third kappa shape index (κ3) is 4.43. The zero-order valence-corrected chi connectivity index (χ0v) is 15.0. The first-order valence-electron chi connectivity index (χ1n) is 6.35. The third-order valence-electron chi connectivity index (χ3n) is 2.94. The van der Waals surface area contributed by atoms with Crippen molar-refractivity contribution in [3.05, 3.63) is 50.5 Å². The van der Waals surface area contributed by atoms with Crippen LogP contribution < -0.4 is 14.8 Å². The Hall–Kier alpha value is -1.11. The summed E-state index contributed by atoms with van der Waals surface area (Å²) in [6, 6.07) is 7.86. The van der Waals surface area contributed by atoms with Gasteiger partial charge < -0.3 is 14.8 Å². The molecule has 21 heavy (non-hydrogen) atoms. The predicted octanol–water partition coefficient (Wildman–Crippen LogP) is 3.91.